The summed E-state index contributed by atoms with van der Waals surface area (Å²) in [5, 5.41) is 27.2. The number of carbonyl (C=O) groups is 1. The number of carbonyl (C=O) groups excluding carboxylic acids is 1. The number of sulfonamides is 1. The van der Waals surface area contributed by atoms with E-state index in [2.05, 4.69) is 20.2 Å². The van der Waals surface area contributed by atoms with E-state index >= 15 is 0 Å². The van der Waals surface area contributed by atoms with Gasteiger partial charge in [0.25, 0.3) is 5.91 Å². The van der Waals surface area contributed by atoms with Crippen LogP contribution < -0.4 is 10.0 Å². The molecule has 3 aliphatic rings. The number of hydrogen-bond donors (Lipinski definition) is 3. The average Bonchev–Trinajstić information content (AvgIpc) is 3.77. The topological polar surface area (TPSA) is 163 Å². The molecule has 0 spiro atoms. The van der Waals surface area contributed by atoms with Crippen LogP contribution in [0.1, 0.15) is 53.3 Å². The van der Waals surface area contributed by atoms with Gasteiger partial charge in [-0.1, -0.05) is 53.2 Å². The van der Waals surface area contributed by atoms with Crippen molar-refractivity contribution in [2.24, 2.45) is 11.8 Å². The van der Waals surface area contributed by atoms with Crippen molar-refractivity contribution in [3.8, 4) is 17.4 Å². The number of rotatable bonds is 7. The number of benzene rings is 1. The molecular formula is C31H26ClFN6O5S. The van der Waals surface area contributed by atoms with Crippen molar-refractivity contribution in [1.29, 1.82) is 5.26 Å². The first-order valence-electron chi connectivity index (χ1n) is 14.3. The van der Waals surface area contributed by atoms with Gasteiger partial charge in [0, 0.05) is 36.0 Å². The maximum absolute atomic E-state index is 14.0. The second-order valence-corrected chi connectivity index (χ2v) is 13.7. The third kappa shape index (κ3) is 5.13. The maximum atomic E-state index is 14.0. The first-order chi connectivity index (χ1) is 21.6. The molecule has 2 saturated carbocycles. The summed E-state index contributed by atoms with van der Waals surface area (Å²) in [6.07, 6.45) is 5.30. The molecule has 45 heavy (non-hydrogen) atoms. The monoisotopic (exact) mass is 648 g/mol. The fourth-order valence-corrected chi connectivity index (χ4v) is 9.19. The number of amides is 1. The Hall–Kier alpha value is -4.35. The van der Waals surface area contributed by atoms with E-state index in [0.717, 1.165) is 11.6 Å². The molecule has 2 aliphatic carbocycles. The van der Waals surface area contributed by atoms with Crippen molar-refractivity contribution < 1.29 is 27.2 Å². The normalized spacial score (nSPS) is 23.6. The fraction of sp³-hybridized carbons (Fsp3) is 0.290. The number of halogens is 2. The van der Waals surface area contributed by atoms with Gasteiger partial charge in [-0.25, -0.2) is 18.1 Å². The fourth-order valence-electron chi connectivity index (χ4n) is 6.95. The molecule has 2 fully saturated rings. The SMILES string of the molecule is N#Cc1cc(NC(=O)c2c(Cl)c(S(=O)(=O)NC3C4CCC3CC(O)(c3cc(-c5ccccc5)on3)C4)c3n2CC=C3)cc(F)n1. The smallest absolute Gasteiger partial charge is 0.273 e. The van der Waals surface area contributed by atoms with Crippen LogP contribution in [0.2, 0.25) is 5.02 Å². The Balaban J connectivity index is 1.13. The van der Waals surface area contributed by atoms with E-state index in [9.17, 15) is 22.7 Å². The largest absolute Gasteiger partial charge is 0.383 e. The first-order valence-corrected chi connectivity index (χ1v) is 16.2. The third-order valence-corrected chi connectivity index (χ3v) is 10.9. The van der Waals surface area contributed by atoms with Gasteiger partial charge < -0.3 is 19.5 Å². The van der Waals surface area contributed by atoms with Crippen molar-refractivity contribution in [3.05, 3.63) is 88.4 Å². The quantitative estimate of drug-likeness (QED) is 0.240. The number of anilines is 1. The molecule has 4 heterocycles. The Labute approximate surface area is 262 Å². The van der Waals surface area contributed by atoms with E-state index in [0.29, 0.717) is 37.1 Å². The van der Waals surface area contributed by atoms with Crippen LogP contribution in [0.4, 0.5) is 10.1 Å². The molecule has 14 heteroatoms. The standard InChI is InChI=1S/C31H26ClFN6O5S/c32-26-28(30(40)36-20-11-21(16-34)35-25(33)12-20)39-10-4-7-22(39)29(26)45(42,43)38-27-18-8-9-19(27)15-31(41,14-18)24-13-23(44-37-24)17-5-2-1-3-6-17/h1-7,11-13,18-19,27,38,41H,8-10,14-15H2,(H,35,36,40). The molecule has 2 bridgehead atoms. The van der Waals surface area contributed by atoms with Crippen molar-refractivity contribution in [2.75, 3.05) is 5.32 Å². The molecule has 1 aromatic carbocycles. The summed E-state index contributed by atoms with van der Waals surface area (Å²) in [7, 11) is -4.24. The number of allylic oxidation sites excluding steroid dienone is 1. The van der Waals surface area contributed by atoms with E-state index in [-0.39, 0.29) is 51.1 Å². The van der Waals surface area contributed by atoms with E-state index in [1.807, 2.05) is 30.3 Å². The second kappa shape index (κ2) is 10.9. The minimum Gasteiger partial charge on any atom is -0.383 e. The van der Waals surface area contributed by atoms with Gasteiger partial charge >= 0.3 is 0 Å². The number of nitrogens with zero attached hydrogens (tertiary/aromatic N) is 4. The Morgan fingerprint density at radius 1 is 1.18 bits per heavy atom. The summed E-state index contributed by atoms with van der Waals surface area (Å²) in [6, 6.07) is 14.6. The number of pyridine rings is 1. The number of nitrogens with one attached hydrogen (secondary N) is 2. The highest BCUT2D eigenvalue weighted by Gasteiger charge is 2.52. The van der Waals surface area contributed by atoms with E-state index in [1.165, 1.54) is 10.6 Å². The highest BCUT2D eigenvalue weighted by Crippen LogP contribution is 2.51. The predicted molar refractivity (Wildman–Crippen MR) is 161 cm³/mol. The van der Waals surface area contributed by atoms with Gasteiger partial charge in [0.1, 0.15) is 33.6 Å². The Bertz CT molecular complexity index is 2000. The van der Waals surface area contributed by atoms with E-state index in [4.69, 9.17) is 21.4 Å². The molecule has 2 unspecified atom stereocenters. The van der Waals surface area contributed by atoms with Gasteiger partial charge in [-0.05, 0) is 49.7 Å². The van der Waals surface area contributed by atoms with Crippen LogP contribution >= 0.6 is 11.6 Å². The lowest BCUT2D eigenvalue weighted by Gasteiger charge is -2.40. The van der Waals surface area contributed by atoms with E-state index < -0.39 is 33.5 Å². The van der Waals surface area contributed by atoms with Gasteiger partial charge in [0.05, 0.1) is 10.7 Å². The first kappa shape index (κ1) is 29.4. The highest BCUT2D eigenvalue weighted by molar-refractivity contribution is 7.89. The number of fused-ring (bicyclic) bond motifs is 3. The molecule has 7 rings (SSSR count). The number of aromatic nitrogens is 3. The number of aliphatic hydroxyl groups is 1. The van der Waals surface area contributed by atoms with Crippen LogP contribution in [0.25, 0.3) is 17.4 Å². The zero-order valence-electron chi connectivity index (χ0n) is 23.6. The van der Waals surface area contributed by atoms with Crippen LogP contribution in [-0.4, -0.2) is 40.2 Å². The molecule has 11 nitrogen and oxygen atoms in total. The lowest BCUT2D eigenvalue weighted by molar-refractivity contribution is -0.0398. The van der Waals surface area contributed by atoms with Gasteiger partial charge in [-0.3, -0.25) is 4.79 Å². The van der Waals surface area contributed by atoms with Crippen molar-refractivity contribution in [3.63, 3.8) is 0 Å². The van der Waals surface area contributed by atoms with Crippen LogP contribution in [-0.2, 0) is 22.2 Å². The van der Waals surface area contributed by atoms with Crippen LogP contribution in [0, 0.1) is 29.1 Å². The molecule has 1 amide bonds. The van der Waals surface area contributed by atoms with Gasteiger partial charge in [-0.2, -0.15) is 9.65 Å². The highest BCUT2D eigenvalue weighted by atomic mass is 35.5. The summed E-state index contributed by atoms with van der Waals surface area (Å²) in [5.74, 6) is -1.54. The summed E-state index contributed by atoms with van der Waals surface area (Å²) in [5.41, 5.74) is -0.155. The lowest BCUT2D eigenvalue weighted by atomic mass is 9.73. The Kier molecular flexibility index (Phi) is 7.13. The van der Waals surface area contributed by atoms with Crippen LogP contribution in [0.3, 0.4) is 0 Å². The van der Waals surface area contributed by atoms with E-state index in [1.54, 1.807) is 24.3 Å². The minimum atomic E-state index is -4.24. The zero-order valence-corrected chi connectivity index (χ0v) is 25.1. The Morgan fingerprint density at radius 2 is 1.91 bits per heavy atom. The molecule has 230 valence electrons. The molecule has 0 saturated heterocycles. The average molecular weight is 649 g/mol. The molecule has 2 atom stereocenters. The van der Waals surface area contributed by atoms with Crippen LogP contribution in [0.5, 0.6) is 0 Å². The summed E-state index contributed by atoms with van der Waals surface area (Å²) in [4.78, 5) is 16.5. The molecule has 4 aromatic rings. The van der Waals surface area contributed by atoms with Crippen LogP contribution in [0.15, 0.2) is 64.0 Å². The Morgan fingerprint density at radius 3 is 2.62 bits per heavy atom. The van der Waals surface area contributed by atoms with Crippen molar-refractivity contribution in [1.82, 2.24) is 19.4 Å². The molecule has 3 aromatic heterocycles. The predicted octanol–water partition coefficient (Wildman–Crippen LogP) is 4.84. The second-order valence-electron chi connectivity index (χ2n) is 11.6. The van der Waals surface area contributed by atoms with Gasteiger partial charge in [-0.15, -0.1) is 0 Å². The molecular weight excluding hydrogens is 623 g/mol. The molecule has 1 aliphatic heterocycles. The van der Waals surface area contributed by atoms with Gasteiger partial charge in [0.2, 0.25) is 16.0 Å². The molecule has 3 N–H and O–H groups in total. The maximum Gasteiger partial charge on any atom is 0.273 e. The minimum absolute atomic E-state index is 0.0292. The lowest BCUT2D eigenvalue weighted by Crippen LogP contribution is -2.49. The van der Waals surface area contributed by atoms with Crippen molar-refractivity contribution in [2.45, 2.75) is 48.8 Å². The summed E-state index contributed by atoms with van der Waals surface area (Å²) < 4.78 is 51.6. The third-order valence-electron chi connectivity index (χ3n) is 8.87. The summed E-state index contributed by atoms with van der Waals surface area (Å²) >= 11 is 6.63. The van der Waals surface area contributed by atoms with Crippen molar-refractivity contribution >= 4 is 39.3 Å². The number of nitriles is 1. The number of hydrogen-bond acceptors (Lipinski definition) is 8. The summed E-state index contributed by atoms with van der Waals surface area (Å²) in [6.45, 7) is 0.200. The zero-order chi connectivity index (χ0) is 31.5. The van der Waals surface area contributed by atoms with Gasteiger partial charge in [0.15, 0.2) is 5.76 Å². The molecule has 0 radical (unpaired) electrons.